The number of carbonyl (C=O) groups is 11. The van der Waals surface area contributed by atoms with E-state index in [0.717, 1.165) is 6.07 Å². The van der Waals surface area contributed by atoms with Crippen LogP contribution >= 0.6 is 0 Å². The second kappa shape index (κ2) is 34.0. The third-order valence-corrected chi connectivity index (χ3v) is 16.5. The Kier molecular flexibility index (Phi) is 25.3. The minimum absolute atomic E-state index is 0.0279. The number of phenols is 1. The number of carbonyl (C=O) groups excluding carboxylic acids is 10. The highest BCUT2D eigenvalue weighted by molar-refractivity contribution is 6.00. The fourth-order valence-electron chi connectivity index (χ4n) is 11.6. The van der Waals surface area contributed by atoms with E-state index in [4.69, 9.17) is 16.2 Å². The van der Waals surface area contributed by atoms with E-state index in [1.807, 2.05) is 6.08 Å². The Morgan fingerprint density at radius 2 is 1.28 bits per heavy atom. The second-order valence-corrected chi connectivity index (χ2v) is 23.7. The van der Waals surface area contributed by atoms with Gasteiger partial charge in [0, 0.05) is 91.7 Å². The summed E-state index contributed by atoms with van der Waals surface area (Å²) in [5.74, 6) is -12.3. The van der Waals surface area contributed by atoms with Gasteiger partial charge in [0.15, 0.2) is 0 Å². The number of aromatic nitrogens is 4. The Labute approximate surface area is 548 Å². The number of unbranched alkanes of at least 4 members (excludes halogenated alkanes) is 1. The molecule has 2 aliphatic rings. The topological polar surface area (TPSA) is 449 Å². The summed E-state index contributed by atoms with van der Waals surface area (Å²) in [5, 5.41) is 41.6. The summed E-state index contributed by atoms with van der Waals surface area (Å²) in [6, 6.07) is 0.982. The zero-order chi connectivity index (χ0) is 69.0. The van der Waals surface area contributed by atoms with Crippen LogP contribution in [0.4, 0.5) is 8.78 Å². The van der Waals surface area contributed by atoms with Crippen LogP contribution in [0.5, 0.6) is 5.75 Å². The molecule has 6 aromatic rings. The molecule has 512 valence electrons. The molecule has 17 N–H and O–H groups in total. The lowest BCUT2D eigenvalue weighted by Crippen LogP contribution is -2.61. The number of ether oxygens (including phenoxy) is 1. The fraction of sp³-hybridized carbons (Fsp3) is 0.415. The van der Waals surface area contributed by atoms with Crippen LogP contribution in [0.1, 0.15) is 87.1 Å². The molecule has 0 spiro atoms. The van der Waals surface area contributed by atoms with Gasteiger partial charge in [-0.3, -0.25) is 52.7 Å². The molecule has 96 heavy (non-hydrogen) atoms. The van der Waals surface area contributed by atoms with Crippen molar-refractivity contribution in [3.8, 4) is 5.75 Å². The van der Waals surface area contributed by atoms with Crippen LogP contribution in [0.2, 0.25) is 0 Å². The monoisotopic (exact) mass is 1330 g/mol. The highest BCUT2D eigenvalue weighted by Gasteiger charge is 2.43. The number of amides is 10. The molecule has 0 radical (unpaired) electrons. The third kappa shape index (κ3) is 20.2. The van der Waals surface area contributed by atoms with Gasteiger partial charge in [-0.25, -0.2) is 13.8 Å². The maximum atomic E-state index is 15.0. The van der Waals surface area contributed by atoms with Crippen LogP contribution < -0.4 is 54.0 Å². The van der Waals surface area contributed by atoms with E-state index in [2.05, 4.69) is 62.5 Å². The lowest BCUT2D eigenvalue weighted by molar-refractivity contribution is -0.142. The van der Waals surface area contributed by atoms with Gasteiger partial charge < -0.3 is 88.8 Å². The van der Waals surface area contributed by atoms with E-state index in [1.54, 1.807) is 6.08 Å². The third-order valence-electron chi connectivity index (χ3n) is 16.5. The van der Waals surface area contributed by atoms with Crippen LogP contribution in [0, 0.1) is 11.6 Å². The Balaban J connectivity index is 1.16. The molecule has 10 amide bonds. The summed E-state index contributed by atoms with van der Waals surface area (Å²) >= 11 is 0. The number of fused-ring (bicyclic) bond motifs is 4. The predicted octanol–water partition coefficient (Wildman–Crippen LogP) is 0.362. The summed E-state index contributed by atoms with van der Waals surface area (Å²) < 4.78 is 35.8. The summed E-state index contributed by atoms with van der Waals surface area (Å²) in [4.78, 5) is 169. The smallest absolute Gasteiger partial charge is 0.305 e. The van der Waals surface area contributed by atoms with Gasteiger partial charge >= 0.3 is 5.97 Å². The number of nitrogens with zero attached hydrogens (tertiary/aromatic N) is 2. The number of aromatic hydroxyl groups is 1. The predicted molar refractivity (Wildman–Crippen MR) is 342 cm³/mol. The Morgan fingerprint density at radius 3 is 1.88 bits per heavy atom. The van der Waals surface area contributed by atoms with Crippen molar-refractivity contribution in [1.82, 2.24) is 67.4 Å². The zero-order valence-corrected chi connectivity index (χ0v) is 52.6. The minimum atomic E-state index is -2.04. The normalized spacial score (nSPS) is 23.3. The van der Waals surface area contributed by atoms with Crippen molar-refractivity contribution in [3.05, 3.63) is 132 Å². The molecule has 9 atom stereocenters. The van der Waals surface area contributed by atoms with Gasteiger partial charge in [-0.2, -0.15) is 0 Å². The average molecular weight is 1330 g/mol. The van der Waals surface area contributed by atoms with Gasteiger partial charge in [-0.1, -0.05) is 30.7 Å². The summed E-state index contributed by atoms with van der Waals surface area (Å²) in [5.41, 5.74) is 13.7. The van der Waals surface area contributed by atoms with E-state index in [9.17, 15) is 66.9 Å². The molecule has 3 aromatic heterocycles. The zero-order valence-electron chi connectivity index (χ0n) is 52.6. The number of aromatic amines is 3. The van der Waals surface area contributed by atoms with E-state index in [0.29, 0.717) is 59.7 Å². The van der Waals surface area contributed by atoms with Crippen molar-refractivity contribution in [2.45, 2.75) is 145 Å². The number of phenolic OH excluding ortho intramolecular Hbond substituents is 1. The van der Waals surface area contributed by atoms with Crippen molar-refractivity contribution in [2.75, 3.05) is 26.2 Å². The van der Waals surface area contributed by atoms with Gasteiger partial charge in [0.25, 0.3) is 0 Å². The summed E-state index contributed by atoms with van der Waals surface area (Å²) in [6.07, 6.45) is 8.11. The Bertz CT molecular complexity index is 3800. The number of allylic oxidation sites excluding steroid dienone is 1. The molecular formula is C65H79F2N15O14. The van der Waals surface area contributed by atoms with Crippen LogP contribution in [0.25, 0.3) is 21.8 Å². The number of benzene rings is 3. The number of carboxylic acid groups (broad SMARTS) is 1. The molecule has 5 heterocycles. The largest absolute Gasteiger partial charge is 0.508 e. The van der Waals surface area contributed by atoms with Gasteiger partial charge in [-0.05, 0) is 110 Å². The van der Waals surface area contributed by atoms with Gasteiger partial charge in [0.2, 0.25) is 59.1 Å². The van der Waals surface area contributed by atoms with E-state index < -0.39 is 157 Å². The molecule has 8 rings (SSSR count). The van der Waals surface area contributed by atoms with Crippen LogP contribution in [-0.2, 0) is 83.2 Å². The highest BCUT2D eigenvalue weighted by atomic mass is 19.1. The van der Waals surface area contributed by atoms with Gasteiger partial charge in [0.05, 0.1) is 32.0 Å². The first kappa shape index (κ1) is 71.3. The molecule has 31 heteroatoms. The minimum Gasteiger partial charge on any atom is -0.508 e. The van der Waals surface area contributed by atoms with Gasteiger partial charge in [-0.15, -0.1) is 0 Å². The van der Waals surface area contributed by atoms with Gasteiger partial charge in [0.1, 0.15) is 65.7 Å². The maximum absolute atomic E-state index is 15.0. The first-order valence-corrected chi connectivity index (χ1v) is 31.4. The number of hydrogen-bond acceptors (Lipinski definition) is 15. The van der Waals surface area contributed by atoms with Crippen molar-refractivity contribution in [3.63, 3.8) is 0 Å². The lowest BCUT2D eigenvalue weighted by atomic mass is 10.0. The molecule has 3 aromatic carbocycles. The van der Waals surface area contributed by atoms with E-state index in [1.165, 1.54) is 91.3 Å². The molecule has 2 aliphatic heterocycles. The summed E-state index contributed by atoms with van der Waals surface area (Å²) in [6.45, 7) is 0.566. The number of imidazole rings is 1. The molecule has 29 nitrogen and oxygen atoms in total. The number of halogens is 2. The Hall–Kier alpha value is -10.6. The maximum Gasteiger partial charge on any atom is 0.305 e. The first-order valence-electron chi connectivity index (χ1n) is 31.4. The average Bonchev–Trinajstić information content (AvgIpc) is 1.82. The number of H-pyrrole nitrogens is 3. The van der Waals surface area contributed by atoms with Crippen molar-refractivity contribution < 1.29 is 76.5 Å². The number of aliphatic carboxylic acids is 1. The lowest BCUT2D eigenvalue weighted by Gasteiger charge is -2.29. The molecule has 1 fully saturated rings. The molecular weight excluding hydrogens is 1250 g/mol. The molecule has 0 aliphatic carbocycles. The van der Waals surface area contributed by atoms with Crippen molar-refractivity contribution in [2.24, 2.45) is 11.5 Å². The highest BCUT2D eigenvalue weighted by Crippen LogP contribution is 2.26. The molecule has 0 unspecified atom stereocenters. The summed E-state index contributed by atoms with van der Waals surface area (Å²) in [7, 11) is 0. The SMILES string of the molecule is CC(=O)N[C@H]1CCCC/C=C/CO[C@H]2C[C@@H](C(N)=O)N(C2)C(=O)[C@H](Cc2ccc(O)cc2)NC(=O)[C@H](Cc2cnc[nH]2)NC(=O)[C@H](CC(=O)O)NC(=O)[C@H](Cc2c[nH]c3ccc(F)cc23)NC(=O)[C@H](Cc2c[nH]c3ccc(F)cc23)NC(=O)CNC(=O)[C@H](CCCCN)NC1=O. The van der Waals surface area contributed by atoms with Crippen molar-refractivity contribution >= 4 is 86.8 Å². The quantitative estimate of drug-likeness (QED) is 0.0460. The number of hydrogen-bond donors (Lipinski definition) is 15. The number of primary amides is 1. The number of rotatable bonds is 16. The molecule has 2 bridgehead atoms. The Morgan fingerprint density at radius 1 is 0.688 bits per heavy atom. The molecule has 0 saturated carbocycles. The first-order chi connectivity index (χ1) is 46.0. The van der Waals surface area contributed by atoms with Crippen LogP contribution in [0.15, 0.2) is 97.7 Å². The number of nitrogens with two attached hydrogens (primary N) is 2. The second-order valence-electron chi connectivity index (χ2n) is 23.7. The number of nitrogens with one attached hydrogen (secondary N) is 11. The fourth-order valence-corrected chi connectivity index (χ4v) is 11.6. The van der Waals surface area contributed by atoms with E-state index >= 15 is 4.79 Å². The standard InChI is InChI=1S/C65H79F2N15O14/c1-35(83)75-49-9-5-3-2-4-8-20-96-43-27-55(58(69)88)82(33-43)65(95)54(21-36-11-15-42(84)16-12-36)81-63(93)52(26-41-31-70-34-74-41)79-64(94)53(28-57(86)87)80-62(92)51(23-38-30-72-47-18-14-40(67)25-45(38)47)78-61(91)50(22-37-29-71-46-17-13-39(66)24-44(37)46)76-56(85)32-73-59(89)48(77-60(49)90)10-6-7-19-68/h4,8,11-18,24-25,29-31,34,43,48-55,71-72,84H,2-3,5-7,9-10,19-23,26-28,32-33,68H2,1H3,(H2,69,88)(H,70,74)(H,73,89)(H,75,83)(H,76,85)(H,77,90)(H,78,91)(H,79,94)(H,80,92)(H,81,93)(H,86,87)/b8-4+/t43-,48-,49-,50-,51-,52-,53-,54-,55-/m0/s1. The van der Waals surface area contributed by atoms with Crippen LogP contribution in [-0.4, -0.2) is 181 Å². The van der Waals surface area contributed by atoms with Crippen molar-refractivity contribution in [1.29, 1.82) is 0 Å². The van der Waals surface area contributed by atoms with Crippen LogP contribution in [0.3, 0.4) is 0 Å². The number of carboxylic acids is 1. The molecule has 1 saturated heterocycles. The van der Waals surface area contributed by atoms with E-state index in [-0.39, 0.29) is 74.2 Å².